The minimum atomic E-state index is -3.85. The molecule has 10 heteroatoms. The second-order valence-electron chi connectivity index (χ2n) is 7.37. The SMILES string of the molecule is CCCNC(=O)[C@@H](C)N(Cc1ccccc1)C(=O)CN(c1cc(Cl)cc(Cl)c1)S(C)(=O)=O. The van der Waals surface area contributed by atoms with Gasteiger partial charge in [0.15, 0.2) is 0 Å². The molecule has 0 aliphatic heterocycles. The lowest BCUT2D eigenvalue weighted by Crippen LogP contribution is -2.51. The zero-order chi connectivity index (χ0) is 23.9. The number of rotatable bonds is 10. The van der Waals surface area contributed by atoms with Gasteiger partial charge in [0, 0.05) is 23.1 Å². The maximum Gasteiger partial charge on any atom is 0.244 e. The molecule has 7 nitrogen and oxygen atoms in total. The molecule has 2 aromatic carbocycles. The summed E-state index contributed by atoms with van der Waals surface area (Å²) >= 11 is 12.1. The number of nitrogens with one attached hydrogen (secondary N) is 1. The highest BCUT2D eigenvalue weighted by Gasteiger charge is 2.30. The Bertz CT molecular complexity index is 1030. The molecule has 0 aliphatic rings. The van der Waals surface area contributed by atoms with E-state index in [1.54, 1.807) is 6.92 Å². The predicted octanol–water partition coefficient (Wildman–Crippen LogP) is 3.70. The number of anilines is 1. The number of nitrogens with zero attached hydrogens (tertiary/aromatic N) is 2. The fourth-order valence-corrected chi connectivity index (χ4v) is 4.40. The number of carbonyl (C=O) groups excluding carboxylic acids is 2. The van der Waals surface area contributed by atoms with E-state index in [1.165, 1.54) is 23.1 Å². The van der Waals surface area contributed by atoms with E-state index in [4.69, 9.17) is 23.2 Å². The van der Waals surface area contributed by atoms with Gasteiger partial charge in [-0.15, -0.1) is 0 Å². The Kier molecular flexibility index (Phi) is 9.36. The molecule has 0 bridgehead atoms. The number of carbonyl (C=O) groups is 2. The van der Waals surface area contributed by atoms with Crippen molar-refractivity contribution in [3.05, 3.63) is 64.1 Å². The molecule has 0 radical (unpaired) electrons. The Balaban J connectivity index is 2.37. The molecule has 32 heavy (non-hydrogen) atoms. The molecule has 0 fully saturated rings. The van der Waals surface area contributed by atoms with Crippen molar-refractivity contribution in [1.82, 2.24) is 10.2 Å². The zero-order valence-corrected chi connectivity index (χ0v) is 20.5. The third kappa shape index (κ3) is 7.39. The lowest BCUT2D eigenvalue weighted by molar-refractivity contribution is -0.139. The quantitative estimate of drug-likeness (QED) is 0.539. The van der Waals surface area contributed by atoms with Crippen LogP contribution in [0, 0.1) is 0 Å². The van der Waals surface area contributed by atoms with Gasteiger partial charge in [-0.1, -0.05) is 60.5 Å². The summed E-state index contributed by atoms with van der Waals surface area (Å²) in [4.78, 5) is 27.3. The summed E-state index contributed by atoms with van der Waals surface area (Å²) < 4.78 is 25.9. The summed E-state index contributed by atoms with van der Waals surface area (Å²) in [5, 5.41) is 3.26. The fourth-order valence-electron chi connectivity index (χ4n) is 3.06. The first-order valence-corrected chi connectivity index (χ1v) is 12.7. The van der Waals surface area contributed by atoms with Crippen molar-refractivity contribution in [3.8, 4) is 0 Å². The van der Waals surface area contributed by atoms with Crippen molar-refractivity contribution in [2.75, 3.05) is 23.7 Å². The summed E-state index contributed by atoms with van der Waals surface area (Å²) in [6.07, 6.45) is 1.75. The van der Waals surface area contributed by atoms with E-state index in [1.807, 2.05) is 37.3 Å². The molecule has 2 rings (SSSR count). The van der Waals surface area contributed by atoms with Gasteiger partial charge in [0.1, 0.15) is 12.6 Å². The standard InChI is InChI=1S/C22H27Cl2N3O4S/c1-4-10-25-22(29)16(2)26(14-17-8-6-5-7-9-17)21(28)15-27(32(3,30)31)20-12-18(23)11-19(24)13-20/h5-9,11-13,16H,4,10,14-15H2,1-3H3,(H,25,29)/t16-/m1/s1. The average Bonchev–Trinajstić information content (AvgIpc) is 2.72. The smallest absolute Gasteiger partial charge is 0.244 e. The van der Waals surface area contributed by atoms with Crippen LogP contribution in [0.2, 0.25) is 10.0 Å². The van der Waals surface area contributed by atoms with E-state index in [2.05, 4.69) is 5.32 Å². The van der Waals surface area contributed by atoms with Crippen LogP contribution in [0.1, 0.15) is 25.8 Å². The highest BCUT2D eigenvalue weighted by molar-refractivity contribution is 7.92. The lowest BCUT2D eigenvalue weighted by Gasteiger charge is -2.31. The topological polar surface area (TPSA) is 86.8 Å². The van der Waals surface area contributed by atoms with Crippen LogP contribution in [0.15, 0.2) is 48.5 Å². The number of amides is 2. The van der Waals surface area contributed by atoms with E-state index in [9.17, 15) is 18.0 Å². The molecule has 2 amide bonds. The minimum absolute atomic E-state index is 0.147. The minimum Gasteiger partial charge on any atom is -0.354 e. The van der Waals surface area contributed by atoms with E-state index in [0.29, 0.717) is 6.54 Å². The molecule has 0 spiro atoms. The molecule has 1 N–H and O–H groups in total. The average molecular weight is 500 g/mol. The molecule has 0 aromatic heterocycles. The predicted molar refractivity (Wildman–Crippen MR) is 128 cm³/mol. The van der Waals surface area contributed by atoms with Gasteiger partial charge in [-0.05, 0) is 37.1 Å². The van der Waals surface area contributed by atoms with E-state index >= 15 is 0 Å². The van der Waals surface area contributed by atoms with E-state index < -0.39 is 28.5 Å². The normalized spacial score (nSPS) is 12.2. The van der Waals surface area contributed by atoms with Crippen LogP contribution < -0.4 is 9.62 Å². The first-order chi connectivity index (χ1) is 15.0. The van der Waals surface area contributed by atoms with Gasteiger partial charge in [0.25, 0.3) is 0 Å². The molecule has 174 valence electrons. The number of sulfonamides is 1. The molecular weight excluding hydrogens is 473 g/mol. The Morgan fingerprint density at radius 2 is 1.66 bits per heavy atom. The van der Waals surface area contributed by atoms with E-state index in [-0.39, 0.29) is 28.2 Å². The van der Waals surface area contributed by atoms with Crippen molar-refractivity contribution >= 4 is 50.7 Å². The van der Waals surface area contributed by atoms with Crippen LogP contribution in [-0.4, -0.2) is 50.5 Å². The van der Waals surface area contributed by atoms with Crippen LogP contribution in [0.3, 0.4) is 0 Å². The molecule has 0 unspecified atom stereocenters. The number of benzene rings is 2. The second-order valence-corrected chi connectivity index (χ2v) is 10.2. The Labute approximate surface area is 199 Å². The van der Waals surface area contributed by atoms with Crippen LogP contribution >= 0.6 is 23.2 Å². The highest BCUT2D eigenvalue weighted by Crippen LogP contribution is 2.27. The van der Waals surface area contributed by atoms with Crippen molar-refractivity contribution in [2.45, 2.75) is 32.9 Å². The summed E-state index contributed by atoms with van der Waals surface area (Å²) in [5.41, 5.74) is 0.980. The lowest BCUT2D eigenvalue weighted by atomic mass is 10.1. The van der Waals surface area contributed by atoms with Gasteiger partial charge in [-0.3, -0.25) is 13.9 Å². The van der Waals surface area contributed by atoms with Crippen molar-refractivity contribution in [2.24, 2.45) is 0 Å². The number of hydrogen-bond donors (Lipinski definition) is 1. The molecule has 0 aliphatic carbocycles. The fraction of sp³-hybridized carbons (Fsp3) is 0.364. The Morgan fingerprint density at radius 3 is 2.19 bits per heavy atom. The molecule has 1 atom stereocenters. The maximum atomic E-state index is 13.3. The van der Waals surface area contributed by atoms with Crippen LogP contribution in [0.5, 0.6) is 0 Å². The molecule has 0 saturated heterocycles. The van der Waals surface area contributed by atoms with Gasteiger partial charge >= 0.3 is 0 Å². The third-order valence-electron chi connectivity index (χ3n) is 4.73. The van der Waals surface area contributed by atoms with Crippen molar-refractivity contribution in [3.63, 3.8) is 0 Å². The van der Waals surface area contributed by atoms with Gasteiger partial charge in [0.05, 0.1) is 11.9 Å². The van der Waals surface area contributed by atoms with Gasteiger partial charge in [-0.25, -0.2) is 8.42 Å². The van der Waals surface area contributed by atoms with Crippen LogP contribution in [-0.2, 0) is 26.2 Å². The maximum absolute atomic E-state index is 13.3. The van der Waals surface area contributed by atoms with E-state index in [0.717, 1.165) is 22.5 Å². The first-order valence-electron chi connectivity index (χ1n) is 10.1. The van der Waals surface area contributed by atoms with Gasteiger partial charge < -0.3 is 10.2 Å². The summed E-state index contributed by atoms with van der Waals surface area (Å²) in [7, 11) is -3.85. The molecular formula is C22H27Cl2N3O4S. The second kappa shape index (κ2) is 11.5. The summed E-state index contributed by atoms with van der Waals surface area (Å²) in [5.74, 6) is -0.845. The summed E-state index contributed by atoms with van der Waals surface area (Å²) in [6, 6.07) is 12.7. The van der Waals surface area contributed by atoms with Crippen molar-refractivity contribution in [1.29, 1.82) is 0 Å². The molecule has 0 heterocycles. The van der Waals surface area contributed by atoms with Crippen molar-refractivity contribution < 1.29 is 18.0 Å². The largest absolute Gasteiger partial charge is 0.354 e. The third-order valence-corrected chi connectivity index (χ3v) is 6.30. The first kappa shape index (κ1) is 26.0. The van der Waals surface area contributed by atoms with Crippen LogP contribution in [0.4, 0.5) is 5.69 Å². The Morgan fingerprint density at radius 1 is 1.06 bits per heavy atom. The van der Waals surface area contributed by atoms with Gasteiger partial charge in [-0.2, -0.15) is 0 Å². The molecule has 0 saturated carbocycles. The number of hydrogen-bond acceptors (Lipinski definition) is 4. The number of halogens is 2. The highest BCUT2D eigenvalue weighted by atomic mass is 35.5. The molecule has 2 aromatic rings. The zero-order valence-electron chi connectivity index (χ0n) is 18.2. The van der Waals surface area contributed by atoms with Crippen LogP contribution in [0.25, 0.3) is 0 Å². The summed E-state index contributed by atoms with van der Waals surface area (Å²) in [6.45, 7) is 3.67. The van der Waals surface area contributed by atoms with Gasteiger partial charge in [0.2, 0.25) is 21.8 Å². The Hall–Kier alpha value is -2.29. The monoisotopic (exact) mass is 499 g/mol.